The van der Waals surface area contributed by atoms with Crippen molar-refractivity contribution in [2.45, 2.75) is 37.6 Å². The van der Waals surface area contributed by atoms with Gasteiger partial charge in [0.15, 0.2) is 0 Å². The highest BCUT2D eigenvalue weighted by Crippen LogP contribution is 2.23. The molecule has 1 aromatic carbocycles. The number of sulfonamides is 1. The second kappa shape index (κ2) is 6.76. The summed E-state index contributed by atoms with van der Waals surface area (Å²) >= 11 is 0. The van der Waals surface area contributed by atoms with Crippen LogP contribution in [-0.4, -0.2) is 61.7 Å². The van der Waals surface area contributed by atoms with Crippen molar-refractivity contribution in [1.82, 2.24) is 14.5 Å². The highest BCUT2D eigenvalue weighted by molar-refractivity contribution is 7.89. The summed E-state index contributed by atoms with van der Waals surface area (Å²) in [5, 5.41) is 2.67. The Labute approximate surface area is 148 Å². The molecule has 7 nitrogen and oxygen atoms in total. The molecule has 0 aliphatic carbocycles. The summed E-state index contributed by atoms with van der Waals surface area (Å²) in [4.78, 5) is 25.7. The van der Waals surface area contributed by atoms with Crippen LogP contribution >= 0.6 is 0 Å². The molecule has 2 heterocycles. The lowest BCUT2D eigenvalue weighted by Gasteiger charge is -2.35. The minimum absolute atomic E-state index is 0.102. The lowest BCUT2D eigenvalue weighted by Crippen LogP contribution is -2.54. The normalized spacial score (nSPS) is 22.1. The monoisotopic (exact) mass is 365 g/mol. The largest absolute Gasteiger partial charge is 0.344 e. The van der Waals surface area contributed by atoms with Gasteiger partial charge in [-0.2, -0.15) is 4.31 Å². The molecule has 1 aromatic rings. The Morgan fingerprint density at radius 1 is 1.16 bits per heavy atom. The van der Waals surface area contributed by atoms with Crippen LogP contribution < -0.4 is 5.32 Å². The number of aryl methyl sites for hydroxylation is 2. The fourth-order valence-electron chi connectivity index (χ4n) is 3.29. The van der Waals surface area contributed by atoms with E-state index in [1.54, 1.807) is 17.9 Å². The number of nitrogens with zero attached hydrogens (tertiary/aromatic N) is 2. The Morgan fingerprint density at radius 3 is 2.44 bits per heavy atom. The Hall–Kier alpha value is -1.93. The van der Waals surface area contributed by atoms with Gasteiger partial charge in [-0.1, -0.05) is 12.1 Å². The van der Waals surface area contributed by atoms with E-state index in [4.69, 9.17) is 0 Å². The highest BCUT2D eigenvalue weighted by atomic mass is 32.2. The third kappa shape index (κ3) is 3.55. The van der Waals surface area contributed by atoms with Crippen molar-refractivity contribution in [3.8, 4) is 0 Å². The molecule has 1 atom stereocenters. The number of benzene rings is 1. The maximum Gasteiger partial charge on any atom is 0.245 e. The number of hydrogen-bond donors (Lipinski definition) is 1. The molecule has 0 saturated carbocycles. The summed E-state index contributed by atoms with van der Waals surface area (Å²) in [6, 6.07) is 4.93. The van der Waals surface area contributed by atoms with Crippen LogP contribution in [0.25, 0.3) is 0 Å². The van der Waals surface area contributed by atoms with Crippen LogP contribution in [0.4, 0.5) is 0 Å². The second-order valence-corrected chi connectivity index (χ2v) is 8.56. The molecule has 136 valence electrons. The van der Waals surface area contributed by atoms with E-state index >= 15 is 0 Å². The SMILES string of the molecule is Cc1ccc(C)c(S(=O)(=O)N2CCN(C(=O)[C@@H]3CCC(=O)N3)CC2)c1. The van der Waals surface area contributed by atoms with E-state index in [2.05, 4.69) is 5.32 Å². The molecular weight excluding hydrogens is 342 g/mol. The zero-order chi connectivity index (χ0) is 18.2. The second-order valence-electron chi connectivity index (χ2n) is 6.66. The Balaban J connectivity index is 1.68. The first-order valence-electron chi connectivity index (χ1n) is 8.44. The van der Waals surface area contributed by atoms with Gasteiger partial charge in [0.1, 0.15) is 6.04 Å². The van der Waals surface area contributed by atoms with Crippen LogP contribution in [0, 0.1) is 13.8 Å². The summed E-state index contributed by atoms with van der Waals surface area (Å²) < 4.78 is 27.2. The van der Waals surface area contributed by atoms with E-state index < -0.39 is 16.1 Å². The predicted octanol–water partition coefficient (Wildman–Crippen LogP) is 0.415. The van der Waals surface area contributed by atoms with Gasteiger partial charge >= 0.3 is 0 Å². The maximum absolute atomic E-state index is 12.9. The number of rotatable bonds is 3. The molecular formula is C17H23N3O4S. The van der Waals surface area contributed by atoms with E-state index in [9.17, 15) is 18.0 Å². The molecule has 2 aliphatic rings. The standard InChI is InChI=1S/C17H23N3O4S/c1-12-3-4-13(2)15(11-12)25(23,24)20-9-7-19(8-10-20)17(22)14-5-6-16(21)18-14/h3-4,11,14H,5-10H2,1-2H3,(H,18,21)/t14-/m0/s1. The van der Waals surface area contributed by atoms with Crippen LogP contribution in [0.1, 0.15) is 24.0 Å². The van der Waals surface area contributed by atoms with Crippen LogP contribution in [0.3, 0.4) is 0 Å². The number of carbonyl (C=O) groups is 2. The minimum atomic E-state index is -3.57. The fraction of sp³-hybridized carbons (Fsp3) is 0.529. The van der Waals surface area contributed by atoms with Gasteiger partial charge < -0.3 is 10.2 Å². The Morgan fingerprint density at radius 2 is 1.84 bits per heavy atom. The molecule has 1 N–H and O–H groups in total. The van der Waals surface area contributed by atoms with Crippen LogP contribution in [-0.2, 0) is 19.6 Å². The molecule has 0 spiro atoms. The summed E-state index contributed by atoms with van der Waals surface area (Å²) in [6.07, 6.45) is 0.885. The molecule has 2 aliphatic heterocycles. The van der Waals surface area contributed by atoms with Crippen molar-refractivity contribution >= 4 is 21.8 Å². The predicted molar refractivity (Wildman–Crippen MR) is 92.4 cm³/mol. The average molecular weight is 365 g/mol. The third-order valence-electron chi connectivity index (χ3n) is 4.81. The maximum atomic E-state index is 12.9. The molecule has 0 unspecified atom stereocenters. The molecule has 2 fully saturated rings. The van der Waals surface area contributed by atoms with E-state index in [-0.39, 0.29) is 24.9 Å². The number of amides is 2. The lowest BCUT2D eigenvalue weighted by molar-refractivity contribution is -0.135. The van der Waals surface area contributed by atoms with E-state index in [0.29, 0.717) is 30.8 Å². The van der Waals surface area contributed by atoms with Gasteiger partial charge in [0.25, 0.3) is 0 Å². The van der Waals surface area contributed by atoms with Crippen LogP contribution in [0.5, 0.6) is 0 Å². The summed E-state index contributed by atoms with van der Waals surface area (Å²) in [5.41, 5.74) is 1.62. The van der Waals surface area contributed by atoms with Gasteiger partial charge in [0.05, 0.1) is 4.90 Å². The van der Waals surface area contributed by atoms with Gasteiger partial charge in [0.2, 0.25) is 21.8 Å². The van der Waals surface area contributed by atoms with Gasteiger partial charge in [-0.3, -0.25) is 9.59 Å². The van der Waals surface area contributed by atoms with Crippen LogP contribution in [0.15, 0.2) is 23.1 Å². The zero-order valence-electron chi connectivity index (χ0n) is 14.5. The van der Waals surface area contributed by atoms with E-state index in [1.165, 1.54) is 4.31 Å². The van der Waals surface area contributed by atoms with Crippen molar-refractivity contribution in [2.75, 3.05) is 26.2 Å². The minimum Gasteiger partial charge on any atom is -0.344 e. The van der Waals surface area contributed by atoms with Crippen molar-refractivity contribution in [3.05, 3.63) is 29.3 Å². The topological polar surface area (TPSA) is 86.8 Å². The van der Waals surface area contributed by atoms with Crippen LogP contribution in [0.2, 0.25) is 0 Å². The zero-order valence-corrected chi connectivity index (χ0v) is 15.3. The first-order chi connectivity index (χ1) is 11.8. The van der Waals surface area contributed by atoms with Gasteiger partial charge in [0, 0.05) is 32.6 Å². The smallest absolute Gasteiger partial charge is 0.245 e. The molecule has 0 bridgehead atoms. The third-order valence-corrected chi connectivity index (χ3v) is 6.85. The highest BCUT2D eigenvalue weighted by Gasteiger charge is 2.35. The van der Waals surface area contributed by atoms with Gasteiger partial charge in [-0.25, -0.2) is 8.42 Å². The Kier molecular flexibility index (Phi) is 4.83. The first-order valence-corrected chi connectivity index (χ1v) is 9.88. The molecule has 2 amide bonds. The molecule has 2 saturated heterocycles. The number of hydrogen-bond acceptors (Lipinski definition) is 4. The summed E-state index contributed by atoms with van der Waals surface area (Å²) in [6.45, 7) is 4.87. The molecule has 0 radical (unpaired) electrons. The molecule has 8 heteroatoms. The fourth-order valence-corrected chi connectivity index (χ4v) is 5.02. The van der Waals surface area contributed by atoms with Crippen molar-refractivity contribution in [1.29, 1.82) is 0 Å². The lowest BCUT2D eigenvalue weighted by atomic mass is 10.2. The number of piperazine rings is 1. The van der Waals surface area contributed by atoms with Crippen molar-refractivity contribution in [3.63, 3.8) is 0 Å². The number of nitrogens with one attached hydrogen (secondary N) is 1. The molecule has 3 rings (SSSR count). The van der Waals surface area contributed by atoms with Crippen molar-refractivity contribution in [2.24, 2.45) is 0 Å². The first kappa shape index (κ1) is 17.9. The summed E-state index contributed by atoms with van der Waals surface area (Å²) in [7, 11) is -3.57. The van der Waals surface area contributed by atoms with E-state index in [1.807, 2.05) is 19.1 Å². The van der Waals surface area contributed by atoms with Crippen molar-refractivity contribution < 1.29 is 18.0 Å². The van der Waals surface area contributed by atoms with E-state index in [0.717, 1.165) is 11.1 Å². The number of carbonyl (C=O) groups excluding carboxylic acids is 2. The quantitative estimate of drug-likeness (QED) is 0.841. The van der Waals surface area contributed by atoms with Gasteiger partial charge in [-0.05, 0) is 37.5 Å². The molecule has 0 aromatic heterocycles. The van der Waals surface area contributed by atoms with Gasteiger partial charge in [-0.15, -0.1) is 0 Å². The summed E-state index contributed by atoms with van der Waals surface area (Å²) in [5.74, 6) is -0.218. The molecule has 25 heavy (non-hydrogen) atoms. The average Bonchev–Trinajstić information content (AvgIpc) is 3.03. The Bertz CT molecular complexity index is 798.